The lowest BCUT2D eigenvalue weighted by molar-refractivity contribution is -0.385. The molecule has 1 aliphatic heterocycles. The minimum absolute atomic E-state index is 0.141. The number of carbonyl (C=O) groups is 1. The van der Waals surface area contributed by atoms with E-state index in [0.717, 1.165) is 0 Å². The number of carbonyl (C=O) groups excluding carboxylic acids is 1. The Balaban J connectivity index is 1.76. The molecule has 1 aliphatic rings. The van der Waals surface area contributed by atoms with Gasteiger partial charge < -0.3 is 34.3 Å². The van der Waals surface area contributed by atoms with E-state index >= 15 is 0 Å². The van der Waals surface area contributed by atoms with Crippen molar-refractivity contribution in [2.45, 2.75) is 13.5 Å². The molecule has 1 aromatic rings. The summed E-state index contributed by atoms with van der Waals surface area (Å²) in [5.74, 6) is 0.381. The summed E-state index contributed by atoms with van der Waals surface area (Å²) >= 11 is 0. The van der Waals surface area contributed by atoms with Crippen LogP contribution in [0.25, 0.3) is 0 Å². The summed E-state index contributed by atoms with van der Waals surface area (Å²) in [4.78, 5) is 24.2. The Morgan fingerprint density at radius 1 is 1.31 bits per heavy atom. The monoisotopic (exact) mass is 413 g/mol. The van der Waals surface area contributed by atoms with E-state index in [1.54, 1.807) is 6.07 Å². The van der Waals surface area contributed by atoms with Crippen LogP contribution in [0, 0.1) is 10.1 Å². The molecule has 0 saturated heterocycles. The summed E-state index contributed by atoms with van der Waals surface area (Å²) < 4.78 is 20.9. The van der Waals surface area contributed by atoms with Gasteiger partial charge in [-0.15, -0.1) is 0 Å². The molecule has 0 spiro atoms. The van der Waals surface area contributed by atoms with E-state index in [2.05, 4.69) is 5.32 Å². The number of benzene rings is 1. The molecule has 0 fully saturated rings. The van der Waals surface area contributed by atoms with Crippen LogP contribution in [-0.4, -0.2) is 75.4 Å². The van der Waals surface area contributed by atoms with E-state index in [1.807, 2.05) is 11.8 Å². The molecule has 0 aliphatic carbocycles. The molecule has 0 aromatic heterocycles. The van der Waals surface area contributed by atoms with Gasteiger partial charge in [0.05, 0.1) is 55.2 Å². The zero-order chi connectivity index (χ0) is 21.1. The van der Waals surface area contributed by atoms with Crippen LogP contribution in [-0.2, 0) is 20.8 Å². The predicted molar refractivity (Wildman–Crippen MR) is 103 cm³/mol. The van der Waals surface area contributed by atoms with Crippen LogP contribution in [0.3, 0.4) is 0 Å². The van der Waals surface area contributed by atoms with Crippen molar-refractivity contribution in [2.24, 2.45) is 0 Å². The number of anilines is 1. The fourth-order valence-corrected chi connectivity index (χ4v) is 2.78. The topological polar surface area (TPSA) is 133 Å². The smallest absolute Gasteiger partial charge is 0.407 e. The number of hydrogen-bond donors (Lipinski definition) is 2. The molecular weight excluding hydrogens is 386 g/mol. The average Bonchev–Trinajstić information content (AvgIpc) is 2.72. The highest BCUT2D eigenvalue weighted by Crippen LogP contribution is 2.37. The van der Waals surface area contributed by atoms with Crippen LogP contribution in [0.5, 0.6) is 5.75 Å². The molecular formula is C18H27N3O8. The Labute approximate surface area is 168 Å². The first kappa shape index (κ1) is 22.7. The van der Waals surface area contributed by atoms with E-state index < -0.39 is 17.6 Å². The van der Waals surface area contributed by atoms with Gasteiger partial charge in [0.25, 0.3) is 5.69 Å². The van der Waals surface area contributed by atoms with Gasteiger partial charge in [-0.2, -0.15) is 0 Å². The molecule has 0 radical (unpaired) electrons. The van der Waals surface area contributed by atoms with Crippen LogP contribution in [0.2, 0.25) is 0 Å². The van der Waals surface area contributed by atoms with Gasteiger partial charge in [0.2, 0.25) is 0 Å². The Kier molecular flexibility index (Phi) is 9.41. The molecule has 0 saturated carbocycles. The molecule has 1 amide bonds. The molecule has 1 aromatic carbocycles. The van der Waals surface area contributed by atoms with Crippen molar-refractivity contribution in [1.82, 2.24) is 5.32 Å². The van der Waals surface area contributed by atoms with Crippen molar-refractivity contribution in [3.8, 4) is 5.75 Å². The Hall–Kier alpha value is -2.63. The second kappa shape index (κ2) is 12.0. The first-order valence-corrected chi connectivity index (χ1v) is 9.42. The highest BCUT2D eigenvalue weighted by atomic mass is 16.6. The van der Waals surface area contributed by atoms with Gasteiger partial charge in [-0.3, -0.25) is 10.1 Å². The predicted octanol–water partition coefficient (Wildman–Crippen LogP) is 1.07. The summed E-state index contributed by atoms with van der Waals surface area (Å²) in [5, 5.41) is 23.2. The van der Waals surface area contributed by atoms with Gasteiger partial charge >= 0.3 is 6.09 Å². The summed E-state index contributed by atoms with van der Waals surface area (Å²) in [6, 6.07) is 2.87. The van der Waals surface area contributed by atoms with Crippen LogP contribution >= 0.6 is 0 Å². The van der Waals surface area contributed by atoms with Gasteiger partial charge in [-0.25, -0.2) is 4.79 Å². The molecule has 0 bridgehead atoms. The van der Waals surface area contributed by atoms with Crippen LogP contribution in [0.1, 0.15) is 12.5 Å². The van der Waals surface area contributed by atoms with Crippen LogP contribution in [0.4, 0.5) is 16.2 Å². The molecule has 162 valence electrons. The summed E-state index contributed by atoms with van der Waals surface area (Å²) in [6.45, 7) is 5.16. The quantitative estimate of drug-likeness (QED) is 0.293. The third kappa shape index (κ3) is 7.04. The second-order valence-corrected chi connectivity index (χ2v) is 6.07. The van der Waals surface area contributed by atoms with Crippen molar-refractivity contribution in [3.63, 3.8) is 0 Å². The minimum atomic E-state index is -0.549. The Morgan fingerprint density at radius 3 is 2.79 bits per heavy atom. The van der Waals surface area contributed by atoms with Crippen molar-refractivity contribution >= 4 is 17.5 Å². The minimum Gasteiger partial charge on any atom is -0.489 e. The molecule has 0 unspecified atom stereocenters. The van der Waals surface area contributed by atoms with Crippen LogP contribution in [0.15, 0.2) is 12.1 Å². The number of aliphatic hydroxyl groups excluding tert-OH is 1. The highest BCUT2D eigenvalue weighted by Gasteiger charge is 2.24. The molecule has 2 rings (SSSR count). The molecule has 29 heavy (non-hydrogen) atoms. The normalized spacial score (nSPS) is 12.8. The number of aliphatic hydroxyl groups is 1. The lowest BCUT2D eigenvalue weighted by atomic mass is 10.1. The van der Waals surface area contributed by atoms with E-state index in [4.69, 9.17) is 18.9 Å². The SMILES string of the molecule is CCOCCOCCOC(=O)NCCN1CCOc2cc([N+](=O)[O-])c(CO)cc21. The number of nitro benzene ring substituents is 1. The molecule has 11 heteroatoms. The Morgan fingerprint density at radius 2 is 2.07 bits per heavy atom. The maximum absolute atomic E-state index is 11.7. The van der Waals surface area contributed by atoms with Crippen molar-refractivity contribution < 1.29 is 33.8 Å². The third-order valence-electron chi connectivity index (χ3n) is 4.17. The van der Waals surface area contributed by atoms with Crippen LogP contribution < -0.4 is 15.0 Å². The second-order valence-electron chi connectivity index (χ2n) is 6.07. The first-order valence-electron chi connectivity index (χ1n) is 9.42. The zero-order valence-electron chi connectivity index (χ0n) is 16.4. The Bertz CT molecular complexity index is 685. The maximum atomic E-state index is 11.7. The number of rotatable bonds is 12. The van der Waals surface area contributed by atoms with Gasteiger partial charge in [0, 0.05) is 19.7 Å². The zero-order valence-corrected chi connectivity index (χ0v) is 16.4. The number of fused-ring (bicyclic) bond motifs is 1. The standard InChI is InChI=1S/C18H27N3O8/c1-2-26-7-8-27-9-10-29-18(23)19-3-4-20-5-6-28-17-12-15(21(24)25)14(13-22)11-16(17)20/h11-12,22H,2-10,13H2,1H3,(H,19,23). The number of nitrogens with zero attached hydrogens (tertiary/aromatic N) is 2. The first-order chi connectivity index (χ1) is 14.1. The van der Waals surface area contributed by atoms with E-state index in [9.17, 15) is 20.0 Å². The summed E-state index contributed by atoms with van der Waals surface area (Å²) in [7, 11) is 0. The number of amides is 1. The van der Waals surface area contributed by atoms with E-state index in [1.165, 1.54) is 6.07 Å². The van der Waals surface area contributed by atoms with Gasteiger partial charge in [-0.1, -0.05) is 0 Å². The average molecular weight is 413 g/mol. The number of alkyl carbamates (subject to hydrolysis) is 1. The van der Waals surface area contributed by atoms with Gasteiger partial charge in [-0.05, 0) is 13.0 Å². The molecule has 0 atom stereocenters. The lowest BCUT2D eigenvalue weighted by Crippen LogP contribution is -2.39. The molecule has 2 N–H and O–H groups in total. The molecule has 1 heterocycles. The fourth-order valence-electron chi connectivity index (χ4n) is 2.78. The maximum Gasteiger partial charge on any atom is 0.407 e. The number of nitrogens with one attached hydrogen (secondary N) is 1. The lowest BCUT2D eigenvalue weighted by Gasteiger charge is -2.31. The van der Waals surface area contributed by atoms with Crippen molar-refractivity contribution in [1.29, 1.82) is 0 Å². The van der Waals surface area contributed by atoms with Gasteiger partial charge in [0.15, 0.2) is 0 Å². The number of hydrogen-bond acceptors (Lipinski definition) is 9. The summed E-state index contributed by atoms with van der Waals surface area (Å²) in [6.07, 6.45) is -0.549. The number of nitro groups is 1. The molecule has 11 nitrogen and oxygen atoms in total. The largest absolute Gasteiger partial charge is 0.489 e. The summed E-state index contributed by atoms with van der Waals surface area (Å²) in [5.41, 5.74) is 0.669. The van der Waals surface area contributed by atoms with E-state index in [-0.39, 0.29) is 17.9 Å². The van der Waals surface area contributed by atoms with Crippen molar-refractivity contribution in [2.75, 3.05) is 64.2 Å². The highest BCUT2D eigenvalue weighted by molar-refractivity contribution is 5.68. The third-order valence-corrected chi connectivity index (χ3v) is 4.17. The van der Waals surface area contributed by atoms with E-state index in [0.29, 0.717) is 64.1 Å². The van der Waals surface area contributed by atoms with Crippen molar-refractivity contribution in [3.05, 3.63) is 27.8 Å². The number of ether oxygens (including phenoxy) is 4. The fraction of sp³-hybridized carbons (Fsp3) is 0.611. The van der Waals surface area contributed by atoms with Gasteiger partial charge in [0.1, 0.15) is 19.0 Å².